The molecule has 19 heavy (non-hydrogen) atoms. The number of unbranched alkanes of at least 4 members (excludes halogenated alkanes) is 2. The van der Waals surface area contributed by atoms with E-state index in [9.17, 15) is 4.79 Å². The Labute approximate surface area is 115 Å². The molecule has 0 heterocycles. The van der Waals surface area contributed by atoms with E-state index >= 15 is 0 Å². The van der Waals surface area contributed by atoms with E-state index in [1.54, 1.807) is 18.2 Å². The molecule has 0 aliphatic heterocycles. The van der Waals surface area contributed by atoms with Crippen LogP contribution in [0.3, 0.4) is 0 Å². The lowest BCUT2D eigenvalue weighted by Crippen LogP contribution is -2.18. The second kappa shape index (κ2) is 8.57. The Morgan fingerprint density at radius 2 is 1.74 bits per heavy atom. The Morgan fingerprint density at radius 1 is 1.16 bits per heavy atom. The number of aromatic carboxylic acids is 1. The molecular formula is C16H24O3. The second-order valence-corrected chi connectivity index (χ2v) is 4.83. The molecule has 0 saturated carbocycles. The van der Waals surface area contributed by atoms with Crippen LogP contribution in [-0.4, -0.2) is 17.2 Å². The van der Waals surface area contributed by atoms with Gasteiger partial charge in [0, 0.05) is 0 Å². The van der Waals surface area contributed by atoms with Gasteiger partial charge < -0.3 is 9.84 Å². The molecule has 0 atom stereocenters. The van der Waals surface area contributed by atoms with Crippen LogP contribution in [0.1, 0.15) is 62.7 Å². The fourth-order valence-electron chi connectivity index (χ4n) is 2.05. The van der Waals surface area contributed by atoms with Gasteiger partial charge in [0.05, 0.1) is 6.10 Å². The summed E-state index contributed by atoms with van der Waals surface area (Å²) in [5.74, 6) is -0.437. The van der Waals surface area contributed by atoms with Crippen molar-refractivity contribution in [1.82, 2.24) is 0 Å². The van der Waals surface area contributed by atoms with Crippen molar-refractivity contribution < 1.29 is 14.6 Å². The molecule has 0 bridgehead atoms. The summed E-state index contributed by atoms with van der Waals surface area (Å²) in [7, 11) is 0. The van der Waals surface area contributed by atoms with Crippen molar-refractivity contribution >= 4 is 5.97 Å². The molecule has 3 nitrogen and oxygen atoms in total. The highest BCUT2D eigenvalue weighted by Gasteiger charge is 2.15. The molecule has 0 saturated heterocycles. The van der Waals surface area contributed by atoms with Crippen LogP contribution in [0.5, 0.6) is 5.75 Å². The van der Waals surface area contributed by atoms with Gasteiger partial charge in [0.15, 0.2) is 0 Å². The van der Waals surface area contributed by atoms with Crippen molar-refractivity contribution in [3.05, 3.63) is 29.8 Å². The molecule has 1 aromatic carbocycles. The molecule has 0 fully saturated rings. The third-order valence-corrected chi connectivity index (χ3v) is 3.17. The van der Waals surface area contributed by atoms with Gasteiger partial charge in [-0.2, -0.15) is 0 Å². The highest BCUT2D eigenvalue weighted by atomic mass is 16.5. The zero-order valence-electron chi connectivity index (χ0n) is 11.9. The van der Waals surface area contributed by atoms with E-state index in [-0.39, 0.29) is 11.7 Å². The van der Waals surface area contributed by atoms with E-state index in [1.165, 1.54) is 0 Å². The molecule has 0 radical (unpaired) electrons. The van der Waals surface area contributed by atoms with Crippen LogP contribution < -0.4 is 4.74 Å². The summed E-state index contributed by atoms with van der Waals surface area (Å²) in [6, 6.07) is 6.88. The topological polar surface area (TPSA) is 46.5 Å². The first-order chi connectivity index (χ1) is 9.19. The first kappa shape index (κ1) is 15.5. The maximum atomic E-state index is 11.2. The van der Waals surface area contributed by atoms with Gasteiger partial charge in [0.25, 0.3) is 0 Å². The number of benzene rings is 1. The molecule has 0 unspecified atom stereocenters. The average molecular weight is 264 g/mol. The number of hydrogen-bond donors (Lipinski definition) is 1. The summed E-state index contributed by atoms with van der Waals surface area (Å²) >= 11 is 0. The number of para-hydroxylation sites is 1. The number of rotatable bonds is 9. The predicted octanol–water partition coefficient (Wildman–Crippen LogP) is 4.51. The van der Waals surface area contributed by atoms with Crippen LogP contribution in [-0.2, 0) is 0 Å². The lowest BCUT2D eigenvalue weighted by atomic mass is 10.1. The fraction of sp³-hybridized carbons (Fsp3) is 0.562. The molecule has 0 aliphatic rings. The van der Waals surface area contributed by atoms with Gasteiger partial charge >= 0.3 is 5.97 Å². The summed E-state index contributed by atoms with van der Waals surface area (Å²) in [4.78, 5) is 11.2. The summed E-state index contributed by atoms with van der Waals surface area (Å²) in [6.07, 6.45) is 6.60. The normalized spacial score (nSPS) is 10.7. The minimum absolute atomic E-state index is 0.125. The zero-order valence-corrected chi connectivity index (χ0v) is 11.9. The van der Waals surface area contributed by atoms with Gasteiger partial charge in [-0.25, -0.2) is 4.79 Å². The fourth-order valence-corrected chi connectivity index (χ4v) is 2.05. The molecule has 0 aliphatic carbocycles. The lowest BCUT2D eigenvalue weighted by Gasteiger charge is -2.20. The summed E-state index contributed by atoms with van der Waals surface area (Å²) in [5.41, 5.74) is 0.250. The van der Waals surface area contributed by atoms with Crippen molar-refractivity contribution in [2.45, 2.75) is 58.5 Å². The van der Waals surface area contributed by atoms with E-state index in [0.717, 1.165) is 38.5 Å². The number of carboxylic acid groups (broad SMARTS) is 1. The summed E-state index contributed by atoms with van der Waals surface area (Å²) in [6.45, 7) is 4.31. The highest BCUT2D eigenvalue weighted by Crippen LogP contribution is 2.22. The summed E-state index contributed by atoms with van der Waals surface area (Å²) in [5, 5.41) is 9.15. The molecule has 106 valence electrons. The van der Waals surface area contributed by atoms with Crippen LogP contribution in [0.15, 0.2) is 24.3 Å². The van der Waals surface area contributed by atoms with Crippen molar-refractivity contribution in [1.29, 1.82) is 0 Å². The molecule has 1 rings (SSSR count). The molecule has 0 aromatic heterocycles. The largest absolute Gasteiger partial charge is 0.490 e. The molecule has 0 amide bonds. The predicted molar refractivity (Wildman–Crippen MR) is 76.9 cm³/mol. The van der Waals surface area contributed by atoms with Crippen LogP contribution in [0, 0.1) is 0 Å². The number of carboxylic acids is 1. The number of carbonyl (C=O) groups is 1. The van der Waals surface area contributed by atoms with Gasteiger partial charge in [-0.15, -0.1) is 0 Å². The third kappa shape index (κ3) is 5.33. The minimum atomic E-state index is -0.930. The van der Waals surface area contributed by atoms with E-state index in [2.05, 4.69) is 13.8 Å². The van der Waals surface area contributed by atoms with Gasteiger partial charge in [-0.1, -0.05) is 51.7 Å². The minimum Gasteiger partial charge on any atom is -0.490 e. The molecule has 1 N–H and O–H groups in total. The van der Waals surface area contributed by atoms with Gasteiger partial charge in [0.1, 0.15) is 11.3 Å². The number of hydrogen-bond acceptors (Lipinski definition) is 2. The standard InChI is InChI=1S/C16H24O3/c1-3-5-9-13(10-6-4-2)19-15-12-8-7-11-14(15)16(17)18/h7-8,11-13H,3-6,9-10H2,1-2H3,(H,17,18). The quantitative estimate of drug-likeness (QED) is 0.713. The maximum absolute atomic E-state index is 11.2. The SMILES string of the molecule is CCCCC(CCCC)Oc1ccccc1C(=O)O. The first-order valence-electron chi connectivity index (χ1n) is 7.18. The lowest BCUT2D eigenvalue weighted by molar-refractivity contribution is 0.0687. The first-order valence-corrected chi connectivity index (χ1v) is 7.18. The Balaban J connectivity index is 2.74. The molecule has 0 spiro atoms. The Kier molecular flexibility index (Phi) is 7.01. The van der Waals surface area contributed by atoms with Crippen molar-refractivity contribution in [3.8, 4) is 5.75 Å². The van der Waals surface area contributed by atoms with Crippen molar-refractivity contribution in [3.63, 3.8) is 0 Å². The van der Waals surface area contributed by atoms with Crippen LogP contribution in [0.2, 0.25) is 0 Å². The zero-order chi connectivity index (χ0) is 14.1. The van der Waals surface area contributed by atoms with E-state index < -0.39 is 5.97 Å². The van der Waals surface area contributed by atoms with Gasteiger partial charge in [-0.3, -0.25) is 0 Å². The summed E-state index contributed by atoms with van der Waals surface area (Å²) < 4.78 is 5.93. The monoisotopic (exact) mass is 264 g/mol. The molecular weight excluding hydrogens is 240 g/mol. The van der Waals surface area contributed by atoms with E-state index in [4.69, 9.17) is 9.84 Å². The molecule has 3 heteroatoms. The van der Waals surface area contributed by atoms with Crippen LogP contribution in [0.25, 0.3) is 0 Å². The van der Waals surface area contributed by atoms with E-state index in [0.29, 0.717) is 5.75 Å². The Morgan fingerprint density at radius 3 is 2.26 bits per heavy atom. The van der Waals surface area contributed by atoms with Gasteiger partial charge in [-0.05, 0) is 25.0 Å². The highest BCUT2D eigenvalue weighted by molar-refractivity contribution is 5.90. The smallest absolute Gasteiger partial charge is 0.339 e. The maximum Gasteiger partial charge on any atom is 0.339 e. The average Bonchev–Trinajstić information content (AvgIpc) is 2.42. The van der Waals surface area contributed by atoms with Crippen molar-refractivity contribution in [2.24, 2.45) is 0 Å². The van der Waals surface area contributed by atoms with E-state index in [1.807, 2.05) is 6.07 Å². The van der Waals surface area contributed by atoms with Gasteiger partial charge in [0.2, 0.25) is 0 Å². The van der Waals surface area contributed by atoms with Crippen LogP contribution in [0.4, 0.5) is 0 Å². The Hall–Kier alpha value is -1.51. The van der Waals surface area contributed by atoms with Crippen molar-refractivity contribution in [2.75, 3.05) is 0 Å². The third-order valence-electron chi connectivity index (χ3n) is 3.17. The van der Waals surface area contributed by atoms with Crippen LogP contribution >= 0.6 is 0 Å². The Bertz CT molecular complexity index is 379. The second-order valence-electron chi connectivity index (χ2n) is 4.83. The molecule has 1 aromatic rings. The number of ether oxygens (including phenoxy) is 1.